The fourth-order valence-electron chi connectivity index (χ4n) is 2.17. The molecule has 0 heterocycles. The molecule has 142 valence electrons. The summed E-state index contributed by atoms with van der Waals surface area (Å²) in [6, 6.07) is 9.01. The molecule has 2 aromatic carbocycles. The van der Waals surface area contributed by atoms with E-state index in [0.29, 0.717) is 30.3 Å². The van der Waals surface area contributed by atoms with Crippen molar-refractivity contribution in [2.24, 2.45) is 5.10 Å². The summed E-state index contributed by atoms with van der Waals surface area (Å²) in [5, 5.41) is 14.7. The zero-order chi connectivity index (χ0) is 19.8. The number of nitrogens with zero attached hydrogens (tertiary/aromatic N) is 2. The van der Waals surface area contributed by atoms with Gasteiger partial charge in [-0.05, 0) is 49.7 Å². The standard InChI is InChI=1S/C18H18ClN3O5/c1-3-26-16-8-5-12(9-17(16)27-4-2)11-20-21-18(23)13-6-7-14(19)15(10-13)22(24)25/h5-11H,3-4H2,1-2H3,(H,21,23)/b20-11-. The highest BCUT2D eigenvalue weighted by Crippen LogP contribution is 2.28. The number of amides is 1. The van der Waals surface area contributed by atoms with E-state index in [-0.39, 0.29) is 16.3 Å². The van der Waals surface area contributed by atoms with Gasteiger partial charge in [0.25, 0.3) is 11.6 Å². The molecule has 1 N–H and O–H groups in total. The van der Waals surface area contributed by atoms with Gasteiger partial charge in [-0.1, -0.05) is 11.6 Å². The number of benzene rings is 2. The molecule has 8 nitrogen and oxygen atoms in total. The Morgan fingerprint density at radius 2 is 1.89 bits per heavy atom. The molecule has 2 rings (SSSR count). The third kappa shape index (κ3) is 5.42. The van der Waals surface area contributed by atoms with E-state index < -0.39 is 10.8 Å². The van der Waals surface area contributed by atoms with Crippen molar-refractivity contribution in [3.8, 4) is 11.5 Å². The minimum atomic E-state index is -0.655. The predicted octanol–water partition coefficient (Wildman–Crippen LogP) is 3.81. The Hall–Kier alpha value is -3.13. The number of nitro groups is 1. The summed E-state index contributed by atoms with van der Waals surface area (Å²) in [6.45, 7) is 4.73. The van der Waals surface area contributed by atoms with Gasteiger partial charge in [0.15, 0.2) is 11.5 Å². The van der Waals surface area contributed by atoms with Crippen molar-refractivity contribution < 1.29 is 19.2 Å². The second kappa shape index (κ2) is 9.54. The maximum absolute atomic E-state index is 12.1. The number of carbonyl (C=O) groups is 1. The van der Waals surface area contributed by atoms with Crippen molar-refractivity contribution in [3.05, 3.63) is 62.7 Å². The van der Waals surface area contributed by atoms with Crippen molar-refractivity contribution in [3.63, 3.8) is 0 Å². The molecule has 0 saturated carbocycles. The Bertz CT molecular complexity index is 870. The van der Waals surface area contributed by atoms with Crippen LogP contribution in [-0.4, -0.2) is 30.3 Å². The zero-order valence-electron chi connectivity index (χ0n) is 14.8. The largest absolute Gasteiger partial charge is 0.490 e. The van der Waals surface area contributed by atoms with E-state index in [2.05, 4.69) is 10.5 Å². The minimum Gasteiger partial charge on any atom is -0.490 e. The molecule has 0 bridgehead atoms. The average molecular weight is 392 g/mol. The van der Waals surface area contributed by atoms with E-state index >= 15 is 0 Å². The van der Waals surface area contributed by atoms with E-state index in [4.69, 9.17) is 21.1 Å². The monoisotopic (exact) mass is 391 g/mol. The Labute approximate surface area is 160 Å². The molecule has 0 unspecified atom stereocenters. The number of carbonyl (C=O) groups excluding carboxylic acids is 1. The van der Waals surface area contributed by atoms with Gasteiger partial charge in [-0.2, -0.15) is 5.10 Å². The summed E-state index contributed by atoms with van der Waals surface area (Å²) in [6.07, 6.45) is 1.43. The van der Waals surface area contributed by atoms with Crippen LogP contribution in [0.3, 0.4) is 0 Å². The molecule has 1 amide bonds. The van der Waals surface area contributed by atoms with Crippen LogP contribution in [0, 0.1) is 10.1 Å². The van der Waals surface area contributed by atoms with Crippen LogP contribution in [0.1, 0.15) is 29.8 Å². The van der Waals surface area contributed by atoms with Gasteiger partial charge >= 0.3 is 0 Å². The van der Waals surface area contributed by atoms with Gasteiger partial charge < -0.3 is 9.47 Å². The molecule has 27 heavy (non-hydrogen) atoms. The summed E-state index contributed by atoms with van der Waals surface area (Å²) < 4.78 is 11.0. The number of rotatable bonds is 8. The smallest absolute Gasteiger partial charge is 0.288 e. The van der Waals surface area contributed by atoms with Gasteiger partial charge in [-0.25, -0.2) is 5.43 Å². The van der Waals surface area contributed by atoms with Gasteiger partial charge in [0.05, 0.1) is 24.4 Å². The number of hydrogen-bond acceptors (Lipinski definition) is 6. The lowest BCUT2D eigenvalue weighted by Crippen LogP contribution is -2.17. The van der Waals surface area contributed by atoms with Crippen LogP contribution >= 0.6 is 11.6 Å². The summed E-state index contributed by atoms with van der Waals surface area (Å²) in [5.41, 5.74) is 2.73. The number of nitrogens with one attached hydrogen (secondary N) is 1. The first kappa shape index (κ1) is 20.2. The van der Waals surface area contributed by atoms with Crippen molar-refractivity contribution in [2.75, 3.05) is 13.2 Å². The van der Waals surface area contributed by atoms with E-state index in [1.165, 1.54) is 18.3 Å². The molecule has 0 spiro atoms. The number of nitro benzene ring substituents is 1. The lowest BCUT2D eigenvalue weighted by atomic mass is 10.2. The van der Waals surface area contributed by atoms with Gasteiger partial charge in [0.1, 0.15) is 5.02 Å². The Kier molecular flexibility index (Phi) is 7.13. The number of ether oxygens (including phenoxy) is 2. The third-order valence-electron chi connectivity index (χ3n) is 3.35. The molecule has 0 fully saturated rings. The lowest BCUT2D eigenvalue weighted by molar-refractivity contribution is -0.384. The highest BCUT2D eigenvalue weighted by atomic mass is 35.5. The summed E-state index contributed by atoms with van der Waals surface area (Å²) in [4.78, 5) is 22.3. The highest BCUT2D eigenvalue weighted by molar-refractivity contribution is 6.32. The van der Waals surface area contributed by atoms with Gasteiger partial charge in [0, 0.05) is 11.6 Å². The Morgan fingerprint density at radius 1 is 1.19 bits per heavy atom. The van der Waals surface area contributed by atoms with Crippen molar-refractivity contribution in [1.82, 2.24) is 5.43 Å². The van der Waals surface area contributed by atoms with E-state index in [1.807, 2.05) is 13.8 Å². The first-order chi connectivity index (χ1) is 13.0. The first-order valence-electron chi connectivity index (χ1n) is 8.13. The molecule has 0 atom stereocenters. The molecule has 0 radical (unpaired) electrons. The summed E-state index contributed by atoms with van der Waals surface area (Å²) >= 11 is 5.73. The van der Waals surface area contributed by atoms with Crippen molar-refractivity contribution in [2.45, 2.75) is 13.8 Å². The second-order valence-electron chi connectivity index (χ2n) is 5.19. The number of hydrogen-bond donors (Lipinski definition) is 1. The van der Waals surface area contributed by atoms with Crippen molar-refractivity contribution >= 4 is 29.4 Å². The maximum atomic E-state index is 12.1. The van der Waals surface area contributed by atoms with Crippen LogP contribution in [0.25, 0.3) is 0 Å². The van der Waals surface area contributed by atoms with Crippen LogP contribution in [0.2, 0.25) is 5.02 Å². The molecule has 0 aliphatic heterocycles. The molecule has 9 heteroatoms. The Balaban J connectivity index is 2.10. The molecular formula is C18H18ClN3O5. The fourth-order valence-corrected chi connectivity index (χ4v) is 2.36. The first-order valence-corrected chi connectivity index (χ1v) is 8.51. The predicted molar refractivity (Wildman–Crippen MR) is 102 cm³/mol. The molecule has 2 aromatic rings. The lowest BCUT2D eigenvalue weighted by Gasteiger charge is -2.11. The van der Waals surface area contributed by atoms with Crippen LogP contribution in [0.5, 0.6) is 11.5 Å². The topological polar surface area (TPSA) is 103 Å². The van der Waals surface area contributed by atoms with E-state index in [9.17, 15) is 14.9 Å². The average Bonchev–Trinajstić information content (AvgIpc) is 2.64. The summed E-state index contributed by atoms with van der Waals surface area (Å²) in [7, 11) is 0. The summed E-state index contributed by atoms with van der Waals surface area (Å²) in [5.74, 6) is 0.596. The molecular weight excluding hydrogens is 374 g/mol. The molecule has 0 saturated heterocycles. The van der Waals surface area contributed by atoms with Gasteiger partial charge in [-0.3, -0.25) is 14.9 Å². The van der Waals surface area contributed by atoms with Gasteiger partial charge in [0.2, 0.25) is 0 Å². The second-order valence-corrected chi connectivity index (χ2v) is 5.60. The van der Waals surface area contributed by atoms with Gasteiger partial charge in [-0.15, -0.1) is 0 Å². The molecule has 0 aliphatic rings. The van der Waals surface area contributed by atoms with Crippen LogP contribution < -0.4 is 14.9 Å². The van der Waals surface area contributed by atoms with Crippen LogP contribution in [-0.2, 0) is 0 Å². The number of hydrazone groups is 1. The van der Waals surface area contributed by atoms with Crippen molar-refractivity contribution in [1.29, 1.82) is 0 Å². The van der Waals surface area contributed by atoms with Crippen LogP contribution in [0.4, 0.5) is 5.69 Å². The fraction of sp³-hybridized carbons (Fsp3) is 0.222. The number of halogens is 1. The highest BCUT2D eigenvalue weighted by Gasteiger charge is 2.16. The molecule has 0 aliphatic carbocycles. The zero-order valence-corrected chi connectivity index (χ0v) is 15.5. The minimum absolute atomic E-state index is 0.0436. The van der Waals surface area contributed by atoms with E-state index in [1.54, 1.807) is 18.2 Å². The van der Waals surface area contributed by atoms with Crippen LogP contribution in [0.15, 0.2) is 41.5 Å². The SMILES string of the molecule is CCOc1ccc(/C=N\NC(=O)c2ccc(Cl)c([N+](=O)[O-])c2)cc1OCC. The van der Waals surface area contributed by atoms with E-state index in [0.717, 1.165) is 6.07 Å². The quantitative estimate of drug-likeness (QED) is 0.418. The Morgan fingerprint density at radius 3 is 2.56 bits per heavy atom. The molecule has 0 aromatic heterocycles. The third-order valence-corrected chi connectivity index (χ3v) is 3.67. The maximum Gasteiger partial charge on any atom is 0.288 e. The normalized spacial score (nSPS) is 10.6.